The maximum absolute atomic E-state index is 11.5. The van der Waals surface area contributed by atoms with Crippen molar-refractivity contribution in [2.75, 3.05) is 19.8 Å². The van der Waals surface area contributed by atoms with Gasteiger partial charge in [0.1, 0.15) is 5.92 Å². The molecule has 14 heavy (non-hydrogen) atoms. The monoisotopic (exact) mass is 202 g/mol. The average Bonchev–Trinajstić information content (AvgIpc) is 2.66. The summed E-state index contributed by atoms with van der Waals surface area (Å²) in [6.07, 6.45) is 0.660. The van der Waals surface area contributed by atoms with Crippen LogP contribution in [0.3, 0.4) is 0 Å². The Morgan fingerprint density at radius 3 is 2.43 bits per heavy atom. The summed E-state index contributed by atoms with van der Waals surface area (Å²) in [5, 5.41) is 0. The average molecular weight is 202 g/mol. The van der Waals surface area contributed by atoms with Gasteiger partial charge in [0.2, 0.25) is 0 Å². The van der Waals surface area contributed by atoms with Crippen LogP contribution >= 0.6 is 0 Å². The van der Waals surface area contributed by atoms with Crippen LogP contribution in [0, 0.1) is 5.92 Å². The van der Waals surface area contributed by atoms with Crippen molar-refractivity contribution in [1.29, 1.82) is 0 Å². The molecule has 1 heterocycles. The van der Waals surface area contributed by atoms with Crippen LogP contribution in [-0.4, -0.2) is 31.6 Å². The highest BCUT2D eigenvalue weighted by Gasteiger charge is 2.44. The number of ether oxygens (including phenoxy) is 3. The second-order valence-electron chi connectivity index (χ2n) is 3.34. The summed E-state index contributed by atoms with van der Waals surface area (Å²) in [5.74, 6) is -1.38. The summed E-state index contributed by atoms with van der Waals surface area (Å²) in [4.78, 5) is 11.5. The standard InChI is InChI=1S/C10H18O4/c1-4-10(13-6-7-14-10)8(3)9(11)12-5-2/h8H,4-7H2,1-3H3. The van der Waals surface area contributed by atoms with Gasteiger partial charge in [0, 0.05) is 0 Å². The molecular weight excluding hydrogens is 184 g/mol. The van der Waals surface area contributed by atoms with Crippen LogP contribution in [0.4, 0.5) is 0 Å². The first kappa shape index (κ1) is 11.5. The Bertz CT molecular complexity index is 196. The Morgan fingerprint density at radius 2 is 2.00 bits per heavy atom. The zero-order chi connectivity index (χ0) is 10.6. The van der Waals surface area contributed by atoms with Gasteiger partial charge in [-0.25, -0.2) is 0 Å². The number of carbonyl (C=O) groups excluding carboxylic acids is 1. The smallest absolute Gasteiger partial charge is 0.314 e. The Morgan fingerprint density at radius 1 is 1.43 bits per heavy atom. The van der Waals surface area contributed by atoms with Gasteiger partial charge < -0.3 is 14.2 Å². The quantitative estimate of drug-likeness (QED) is 0.645. The van der Waals surface area contributed by atoms with Gasteiger partial charge in [-0.1, -0.05) is 6.92 Å². The van der Waals surface area contributed by atoms with E-state index < -0.39 is 5.79 Å². The summed E-state index contributed by atoms with van der Waals surface area (Å²) >= 11 is 0. The number of hydrogen-bond donors (Lipinski definition) is 0. The van der Waals surface area contributed by atoms with E-state index >= 15 is 0 Å². The fourth-order valence-corrected chi connectivity index (χ4v) is 1.68. The second-order valence-corrected chi connectivity index (χ2v) is 3.34. The molecule has 1 rings (SSSR count). The van der Waals surface area contributed by atoms with Crippen molar-refractivity contribution in [1.82, 2.24) is 0 Å². The number of esters is 1. The fourth-order valence-electron chi connectivity index (χ4n) is 1.68. The molecule has 0 aromatic rings. The Hall–Kier alpha value is -0.610. The van der Waals surface area contributed by atoms with E-state index in [1.165, 1.54) is 0 Å². The van der Waals surface area contributed by atoms with Gasteiger partial charge >= 0.3 is 5.97 Å². The van der Waals surface area contributed by atoms with Gasteiger partial charge in [-0.3, -0.25) is 4.79 Å². The van der Waals surface area contributed by atoms with E-state index in [4.69, 9.17) is 14.2 Å². The highest BCUT2D eigenvalue weighted by molar-refractivity contribution is 5.73. The summed E-state index contributed by atoms with van der Waals surface area (Å²) in [7, 11) is 0. The Labute approximate surface area is 84.5 Å². The van der Waals surface area contributed by atoms with Crippen molar-refractivity contribution in [3.05, 3.63) is 0 Å². The molecule has 1 saturated heterocycles. The first-order valence-electron chi connectivity index (χ1n) is 5.10. The lowest BCUT2D eigenvalue weighted by molar-refractivity contribution is -0.207. The third kappa shape index (κ3) is 2.07. The maximum Gasteiger partial charge on any atom is 0.314 e. The van der Waals surface area contributed by atoms with Gasteiger partial charge in [0.05, 0.1) is 19.8 Å². The van der Waals surface area contributed by atoms with E-state index in [9.17, 15) is 4.79 Å². The molecule has 0 saturated carbocycles. The summed E-state index contributed by atoms with van der Waals surface area (Å²) in [6.45, 7) is 7.02. The minimum atomic E-state index is -0.758. The third-order valence-corrected chi connectivity index (χ3v) is 2.57. The molecule has 0 aromatic heterocycles. The van der Waals surface area contributed by atoms with Crippen molar-refractivity contribution in [2.24, 2.45) is 5.92 Å². The van der Waals surface area contributed by atoms with Crippen LogP contribution in [0.1, 0.15) is 27.2 Å². The lowest BCUT2D eigenvalue weighted by Crippen LogP contribution is -2.42. The lowest BCUT2D eigenvalue weighted by Gasteiger charge is -2.30. The van der Waals surface area contributed by atoms with E-state index in [1.54, 1.807) is 13.8 Å². The first-order valence-corrected chi connectivity index (χ1v) is 5.10. The van der Waals surface area contributed by atoms with Gasteiger partial charge in [0.15, 0.2) is 5.79 Å². The van der Waals surface area contributed by atoms with Crippen molar-refractivity contribution in [3.63, 3.8) is 0 Å². The van der Waals surface area contributed by atoms with Crippen LogP contribution in [0.25, 0.3) is 0 Å². The predicted octanol–water partition coefficient (Wildman–Crippen LogP) is 1.34. The molecule has 0 bridgehead atoms. The summed E-state index contributed by atoms with van der Waals surface area (Å²) in [6, 6.07) is 0. The van der Waals surface area contributed by atoms with E-state index in [2.05, 4.69) is 0 Å². The van der Waals surface area contributed by atoms with Crippen LogP contribution in [0.15, 0.2) is 0 Å². The van der Waals surface area contributed by atoms with Crippen LogP contribution in [0.5, 0.6) is 0 Å². The number of rotatable bonds is 4. The Balaban J connectivity index is 2.64. The topological polar surface area (TPSA) is 44.8 Å². The third-order valence-electron chi connectivity index (χ3n) is 2.57. The summed E-state index contributed by atoms with van der Waals surface area (Å²) in [5.41, 5.74) is 0. The lowest BCUT2D eigenvalue weighted by atomic mass is 9.98. The minimum Gasteiger partial charge on any atom is -0.466 e. The van der Waals surface area contributed by atoms with Gasteiger partial charge in [0.25, 0.3) is 0 Å². The molecule has 1 aliphatic rings. The zero-order valence-electron chi connectivity index (χ0n) is 9.04. The van der Waals surface area contributed by atoms with E-state index in [0.717, 1.165) is 0 Å². The molecular formula is C10H18O4. The molecule has 4 heteroatoms. The molecule has 4 nitrogen and oxygen atoms in total. The van der Waals surface area contributed by atoms with E-state index in [-0.39, 0.29) is 11.9 Å². The highest BCUT2D eigenvalue weighted by atomic mass is 16.7. The van der Waals surface area contributed by atoms with E-state index in [1.807, 2.05) is 6.92 Å². The second kappa shape index (κ2) is 4.75. The number of hydrogen-bond acceptors (Lipinski definition) is 4. The Kier molecular flexibility index (Phi) is 3.89. The molecule has 0 N–H and O–H groups in total. The van der Waals surface area contributed by atoms with Crippen LogP contribution in [0.2, 0.25) is 0 Å². The van der Waals surface area contributed by atoms with Gasteiger partial charge in [-0.2, -0.15) is 0 Å². The van der Waals surface area contributed by atoms with Gasteiger partial charge in [-0.05, 0) is 20.3 Å². The minimum absolute atomic E-state index is 0.253. The predicted molar refractivity (Wildman–Crippen MR) is 50.7 cm³/mol. The fraction of sp³-hybridized carbons (Fsp3) is 0.900. The van der Waals surface area contributed by atoms with Crippen molar-refractivity contribution in [3.8, 4) is 0 Å². The molecule has 1 unspecified atom stereocenters. The highest BCUT2D eigenvalue weighted by Crippen LogP contribution is 2.32. The largest absolute Gasteiger partial charge is 0.466 e. The summed E-state index contributed by atoms with van der Waals surface area (Å²) < 4.78 is 15.9. The molecule has 82 valence electrons. The molecule has 0 radical (unpaired) electrons. The van der Waals surface area contributed by atoms with Crippen LogP contribution in [-0.2, 0) is 19.0 Å². The first-order chi connectivity index (χ1) is 6.66. The van der Waals surface area contributed by atoms with Gasteiger partial charge in [-0.15, -0.1) is 0 Å². The van der Waals surface area contributed by atoms with E-state index in [0.29, 0.717) is 26.2 Å². The van der Waals surface area contributed by atoms with Crippen LogP contribution < -0.4 is 0 Å². The molecule has 0 spiro atoms. The molecule has 1 atom stereocenters. The SMILES string of the molecule is CCOC(=O)C(C)C1(CC)OCCO1. The maximum atomic E-state index is 11.5. The van der Waals surface area contributed by atoms with Crippen molar-refractivity contribution in [2.45, 2.75) is 33.0 Å². The molecule has 0 aromatic carbocycles. The van der Waals surface area contributed by atoms with Crippen molar-refractivity contribution < 1.29 is 19.0 Å². The normalized spacial score (nSPS) is 21.9. The molecule has 1 fully saturated rings. The van der Waals surface area contributed by atoms with Crippen molar-refractivity contribution >= 4 is 5.97 Å². The zero-order valence-corrected chi connectivity index (χ0v) is 9.04. The number of carbonyl (C=O) groups is 1. The molecule has 1 aliphatic heterocycles. The molecule has 0 aliphatic carbocycles. The molecule has 0 amide bonds.